The van der Waals surface area contributed by atoms with Crippen LogP contribution in [0.5, 0.6) is 0 Å². The smallest absolute Gasteiger partial charge is 0.0175 e. The fourth-order valence-electron chi connectivity index (χ4n) is 1.56. The zero-order valence-electron chi connectivity index (χ0n) is 8.78. The zero-order chi connectivity index (χ0) is 8.91. The molecule has 0 aliphatic carbocycles. The Morgan fingerprint density at radius 2 is 1.73 bits per heavy atom. The fraction of sp³-hybridized carbons (Fsp3) is 1.00. The standard InChI is InChI=1S/C10H23N/c1-6-9-10(4,7-2)11(5)8-3/h6-9H2,1-5H3. The van der Waals surface area contributed by atoms with Gasteiger partial charge in [0.15, 0.2) is 0 Å². The summed E-state index contributed by atoms with van der Waals surface area (Å²) in [6.45, 7) is 10.3. The largest absolute Gasteiger partial charge is 0.301 e. The third-order valence-corrected chi connectivity index (χ3v) is 2.95. The van der Waals surface area contributed by atoms with Gasteiger partial charge in [0.1, 0.15) is 0 Å². The van der Waals surface area contributed by atoms with Crippen LogP contribution in [-0.2, 0) is 0 Å². The van der Waals surface area contributed by atoms with Crippen LogP contribution >= 0.6 is 0 Å². The summed E-state index contributed by atoms with van der Waals surface area (Å²) in [5.74, 6) is 0. The van der Waals surface area contributed by atoms with Crippen molar-refractivity contribution < 1.29 is 0 Å². The van der Waals surface area contributed by atoms with Crippen molar-refractivity contribution in [3.05, 3.63) is 0 Å². The van der Waals surface area contributed by atoms with Crippen LogP contribution in [-0.4, -0.2) is 24.0 Å². The lowest BCUT2D eigenvalue weighted by Crippen LogP contribution is -2.42. The van der Waals surface area contributed by atoms with Gasteiger partial charge in [-0.3, -0.25) is 0 Å². The molecule has 0 N–H and O–H groups in total. The maximum absolute atomic E-state index is 2.45. The molecule has 0 amide bonds. The van der Waals surface area contributed by atoms with Crippen LogP contribution in [0.15, 0.2) is 0 Å². The second-order valence-electron chi connectivity index (χ2n) is 3.61. The predicted molar refractivity (Wildman–Crippen MR) is 51.9 cm³/mol. The van der Waals surface area contributed by atoms with Gasteiger partial charge in [0, 0.05) is 5.54 Å². The van der Waals surface area contributed by atoms with Crippen LogP contribution in [0.3, 0.4) is 0 Å². The molecule has 0 aliphatic rings. The van der Waals surface area contributed by atoms with E-state index in [-0.39, 0.29) is 0 Å². The highest BCUT2D eigenvalue weighted by Crippen LogP contribution is 2.22. The maximum Gasteiger partial charge on any atom is 0.0175 e. The maximum atomic E-state index is 2.45. The number of hydrogen-bond donors (Lipinski definition) is 0. The number of nitrogens with zero attached hydrogens (tertiary/aromatic N) is 1. The molecule has 0 aromatic carbocycles. The molecule has 0 bridgehead atoms. The molecule has 0 aliphatic heterocycles. The summed E-state index contributed by atoms with van der Waals surface area (Å²) in [6, 6.07) is 0. The average molecular weight is 157 g/mol. The molecule has 0 saturated carbocycles. The van der Waals surface area contributed by atoms with Crippen LogP contribution in [0.1, 0.15) is 47.0 Å². The average Bonchev–Trinajstić information content (AvgIpc) is 2.03. The summed E-state index contributed by atoms with van der Waals surface area (Å²) >= 11 is 0. The van der Waals surface area contributed by atoms with Gasteiger partial charge >= 0.3 is 0 Å². The molecule has 1 nitrogen and oxygen atoms in total. The van der Waals surface area contributed by atoms with Crippen LogP contribution in [0.25, 0.3) is 0 Å². The summed E-state index contributed by atoms with van der Waals surface area (Å²) in [5, 5.41) is 0. The van der Waals surface area contributed by atoms with E-state index in [9.17, 15) is 0 Å². The molecular formula is C10H23N. The van der Waals surface area contributed by atoms with Crippen LogP contribution in [0.4, 0.5) is 0 Å². The lowest BCUT2D eigenvalue weighted by atomic mass is 9.91. The Morgan fingerprint density at radius 3 is 2.00 bits per heavy atom. The molecule has 0 radical (unpaired) electrons. The second kappa shape index (κ2) is 4.76. The highest BCUT2D eigenvalue weighted by atomic mass is 15.2. The summed E-state index contributed by atoms with van der Waals surface area (Å²) in [5.41, 5.74) is 0.434. The van der Waals surface area contributed by atoms with Crippen LogP contribution in [0.2, 0.25) is 0 Å². The van der Waals surface area contributed by atoms with Crippen molar-refractivity contribution in [1.29, 1.82) is 0 Å². The Morgan fingerprint density at radius 1 is 1.18 bits per heavy atom. The van der Waals surface area contributed by atoms with E-state index in [4.69, 9.17) is 0 Å². The Hall–Kier alpha value is -0.0400. The Bertz CT molecular complexity index is 101. The highest BCUT2D eigenvalue weighted by Gasteiger charge is 2.24. The van der Waals surface area contributed by atoms with Crippen LogP contribution in [0, 0.1) is 0 Å². The molecule has 1 heteroatoms. The van der Waals surface area contributed by atoms with Gasteiger partial charge < -0.3 is 4.90 Å². The van der Waals surface area contributed by atoms with Gasteiger partial charge in [-0.2, -0.15) is 0 Å². The molecule has 0 fully saturated rings. The van der Waals surface area contributed by atoms with Gasteiger partial charge in [0.2, 0.25) is 0 Å². The molecule has 1 unspecified atom stereocenters. The van der Waals surface area contributed by atoms with Crippen molar-refractivity contribution in [1.82, 2.24) is 4.90 Å². The molecule has 0 rings (SSSR count). The van der Waals surface area contributed by atoms with E-state index in [2.05, 4.69) is 39.6 Å². The van der Waals surface area contributed by atoms with Gasteiger partial charge in [-0.25, -0.2) is 0 Å². The van der Waals surface area contributed by atoms with E-state index in [0.717, 1.165) is 6.54 Å². The molecule has 0 saturated heterocycles. The Balaban J connectivity index is 4.07. The zero-order valence-corrected chi connectivity index (χ0v) is 8.78. The molecule has 0 aromatic heterocycles. The van der Waals surface area contributed by atoms with Gasteiger partial charge in [-0.15, -0.1) is 0 Å². The first-order valence-electron chi connectivity index (χ1n) is 4.82. The first-order valence-corrected chi connectivity index (χ1v) is 4.82. The SMILES string of the molecule is CCCC(C)(CC)N(C)CC. The van der Waals surface area contributed by atoms with Gasteiger partial charge in [0.25, 0.3) is 0 Å². The van der Waals surface area contributed by atoms with E-state index in [1.54, 1.807) is 0 Å². The van der Waals surface area contributed by atoms with Crippen molar-refractivity contribution in [3.8, 4) is 0 Å². The highest BCUT2D eigenvalue weighted by molar-refractivity contribution is 4.81. The second-order valence-corrected chi connectivity index (χ2v) is 3.61. The van der Waals surface area contributed by atoms with E-state index >= 15 is 0 Å². The van der Waals surface area contributed by atoms with Crippen molar-refractivity contribution in [2.24, 2.45) is 0 Å². The van der Waals surface area contributed by atoms with Crippen molar-refractivity contribution >= 4 is 0 Å². The molecule has 0 aromatic rings. The first kappa shape index (κ1) is 11.0. The van der Waals surface area contributed by atoms with Crippen molar-refractivity contribution in [2.45, 2.75) is 52.5 Å². The number of rotatable bonds is 5. The van der Waals surface area contributed by atoms with Gasteiger partial charge in [0.05, 0.1) is 0 Å². The molecule has 68 valence electrons. The lowest BCUT2D eigenvalue weighted by molar-refractivity contribution is 0.127. The third-order valence-electron chi connectivity index (χ3n) is 2.95. The Kier molecular flexibility index (Phi) is 4.74. The predicted octanol–water partition coefficient (Wildman–Crippen LogP) is 2.91. The summed E-state index contributed by atoms with van der Waals surface area (Å²) in [6.07, 6.45) is 3.85. The molecule has 0 heterocycles. The summed E-state index contributed by atoms with van der Waals surface area (Å²) in [4.78, 5) is 2.45. The fourth-order valence-corrected chi connectivity index (χ4v) is 1.56. The van der Waals surface area contributed by atoms with Crippen LogP contribution < -0.4 is 0 Å². The van der Waals surface area contributed by atoms with E-state index in [1.165, 1.54) is 19.3 Å². The van der Waals surface area contributed by atoms with Crippen molar-refractivity contribution in [2.75, 3.05) is 13.6 Å². The molecule has 0 spiro atoms. The van der Waals surface area contributed by atoms with Gasteiger partial charge in [-0.05, 0) is 33.4 Å². The Labute approximate surface area is 71.8 Å². The van der Waals surface area contributed by atoms with E-state index < -0.39 is 0 Å². The minimum absolute atomic E-state index is 0.434. The monoisotopic (exact) mass is 157 g/mol. The molecule has 11 heavy (non-hydrogen) atoms. The summed E-state index contributed by atoms with van der Waals surface area (Å²) in [7, 11) is 2.22. The van der Waals surface area contributed by atoms with Gasteiger partial charge in [-0.1, -0.05) is 27.2 Å². The quantitative estimate of drug-likeness (QED) is 0.593. The lowest BCUT2D eigenvalue weighted by Gasteiger charge is -2.37. The summed E-state index contributed by atoms with van der Waals surface area (Å²) < 4.78 is 0. The third kappa shape index (κ3) is 2.82. The minimum Gasteiger partial charge on any atom is -0.301 e. The number of hydrogen-bond acceptors (Lipinski definition) is 1. The minimum atomic E-state index is 0.434. The normalized spacial score (nSPS) is 16.9. The first-order chi connectivity index (χ1) is 5.10. The topological polar surface area (TPSA) is 3.24 Å². The van der Waals surface area contributed by atoms with Crippen molar-refractivity contribution in [3.63, 3.8) is 0 Å². The van der Waals surface area contributed by atoms with E-state index in [0.29, 0.717) is 5.54 Å². The molecular weight excluding hydrogens is 134 g/mol. The molecule has 1 atom stereocenters. The van der Waals surface area contributed by atoms with E-state index in [1.807, 2.05) is 0 Å².